The third-order valence-corrected chi connectivity index (χ3v) is 27.9. The number of hydrogen-bond donors (Lipinski definition) is 3. The maximum Gasteiger partial charge on any atom is 0.181 e. The van der Waals surface area contributed by atoms with Gasteiger partial charge in [0, 0.05) is 0 Å². The van der Waals surface area contributed by atoms with Crippen molar-refractivity contribution in [1.82, 2.24) is 0 Å². The van der Waals surface area contributed by atoms with Gasteiger partial charge >= 0.3 is 0 Å². The van der Waals surface area contributed by atoms with Gasteiger partial charge in [-0.3, -0.25) is 0 Å². The van der Waals surface area contributed by atoms with Crippen molar-refractivity contribution in [3.8, 4) is 0 Å². The van der Waals surface area contributed by atoms with Crippen LogP contribution in [-0.4, -0.2) is 73.2 Å². The van der Waals surface area contributed by atoms with Crippen LogP contribution in [0.5, 0.6) is 0 Å². The molecule has 1 aliphatic heterocycles. The second kappa shape index (κ2) is 24.5. The van der Waals surface area contributed by atoms with Crippen LogP contribution >= 0.6 is 0 Å². The van der Waals surface area contributed by atoms with E-state index >= 15 is 0 Å². The molecule has 19 atom stereocenters. The molecular formula is C68H104O8S2. The van der Waals surface area contributed by atoms with E-state index in [1.807, 2.05) is 31.2 Å². The first-order valence-electron chi connectivity index (χ1n) is 31.8. The van der Waals surface area contributed by atoms with E-state index in [0.717, 1.165) is 100 Å². The fraction of sp³-hybridized carbons (Fsp3) is 0.765. The van der Waals surface area contributed by atoms with Crippen molar-refractivity contribution in [1.29, 1.82) is 0 Å². The summed E-state index contributed by atoms with van der Waals surface area (Å²) in [5.41, 5.74) is 2.76. The van der Waals surface area contributed by atoms with Crippen molar-refractivity contribution in [3.05, 3.63) is 84.0 Å². The van der Waals surface area contributed by atoms with Crippen LogP contribution in [0.25, 0.3) is 0 Å². The Morgan fingerprint density at radius 1 is 0.603 bits per heavy atom. The summed E-state index contributed by atoms with van der Waals surface area (Å²) in [6.07, 6.45) is 28.8. The van der Waals surface area contributed by atoms with Crippen LogP contribution in [0.3, 0.4) is 0 Å². The predicted molar refractivity (Wildman–Crippen MR) is 316 cm³/mol. The molecule has 0 aromatic heterocycles. The molecule has 436 valence electrons. The maximum absolute atomic E-state index is 13.8. The Labute approximate surface area is 473 Å². The summed E-state index contributed by atoms with van der Waals surface area (Å²) in [5.74, 6) is 8.06. The minimum Gasteiger partial charge on any atom is -0.393 e. The third-order valence-electron chi connectivity index (χ3n) is 24.0. The van der Waals surface area contributed by atoms with Gasteiger partial charge in [0.2, 0.25) is 0 Å². The molecule has 3 N–H and O–H groups in total. The molecule has 7 fully saturated rings. The number of aliphatic hydroxyl groups is 3. The third kappa shape index (κ3) is 12.5. The summed E-state index contributed by atoms with van der Waals surface area (Å²) in [5, 5.41) is 31.9. The lowest BCUT2D eigenvalue weighted by atomic mass is 9.50. The Balaban J connectivity index is 0.000000175. The first-order chi connectivity index (χ1) is 37.1. The average Bonchev–Trinajstić information content (AvgIpc) is 4.33. The normalized spacial score (nSPS) is 39.2. The van der Waals surface area contributed by atoms with Crippen LogP contribution in [0.4, 0.5) is 0 Å². The fourth-order valence-corrected chi connectivity index (χ4v) is 22.5. The first-order valence-corrected chi connectivity index (χ1v) is 35.0. The summed E-state index contributed by atoms with van der Waals surface area (Å²) in [6, 6.07) is 17.8. The Bertz CT molecular complexity index is 2600. The van der Waals surface area contributed by atoms with Gasteiger partial charge in [-0.15, -0.1) is 0 Å². The number of allylic oxidation sites excluding steroid dienone is 2. The van der Waals surface area contributed by atoms with Crippen molar-refractivity contribution in [2.24, 2.45) is 81.8 Å². The Morgan fingerprint density at radius 2 is 1.08 bits per heavy atom. The number of benzene rings is 2. The molecule has 1 saturated heterocycles. The molecule has 1 heterocycles. The van der Waals surface area contributed by atoms with E-state index in [2.05, 4.69) is 60.6 Å². The molecule has 1 unspecified atom stereocenters. The summed E-state index contributed by atoms with van der Waals surface area (Å²) >= 11 is 0. The van der Waals surface area contributed by atoms with E-state index < -0.39 is 42.2 Å². The SMILES string of the molecule is CC[C@@H](O)CC(C[C@@H](C)[C@H]1CC[C@H]2[C@@H]3CC=C4C[C@](O)(CC)CC[C@@H]4[C@H]3CC[C@]12C)S(=O)(=O)c1ccccc1.CC[C@@H]1CO1.CC[C@]1(O)CC[C@H]2C(=CC[C@@H]3[C@@H]2CC[C@]2(C)[C@@H]([C@H](C)CCS(=O)(=O)c4ccccc4)CC[C@@H]32)C1. The van der Waals surface area contributed by atoms with Crippen molar-refractivity contribution < 1.29 is 36.9 Å². The maximum atomic E-state index is 13.8. The molecule has 10 heteroatoms. The number of sulfone groups is 2. The Hall–Kier alpha value is -2.34. The Kier molecular flexibility index (Phi) is 18.9. The molecule has 8 nitrogen and oxygen atoms in total. The van der Waals surface area contributed by atoms with E-state index in [0.29, 0.717) is 82.0 Å². The molecule has 8 aliphatic carbocycles. The molecular weight excluding hydrogens is 1010 g/mol. The predicted octanol–water partition coefficient (Wildman–Crippen LogP) is 15.0. The molecule has 0 radical (unpaired) electrons. The van der Waals surface area contributed by atoms with Gasteiger partial charge in [-0.2, -0.15) is 0 Å². The number of hydrogen-bond acceptors (Lipinski definition) is 8. The first kappa shape index (κ1) is 60.3. The van der Waals surface area contributed by atoms with Gasteiger partial charge in [0.15, 0.2) is 19.7 Å². The van der Waals surface area contributed by atoms with Gasteiger partial charge in [-0.25, -0.2) is 16.8 Å². The van der Waals surface area contributed by atoms with Gasteiger partial charge in [0.1, 0.15) is 0 Å². The van der Waals surface area contributed by atoms with Crippen molar-refractivity contribution in [2.75, 3.05) is 12.4 Å². The zero-order valence-electron chi connectivity index (χ0n) is 49.5. The highest BCUT2D eigenvalue weighted by Crippen LogP contribution is 2.67. The van der Waals surface area contributed by atoms with Gasteiger partial charge in [-0.05, 0) is 254 Å². The number of epoxide rings is 1. The summed E-state index contributed by atoms with van der Waals surface area (Å²) in [4.78, 5) is 0.847. The van der Waals surface area contributed by atoms with Gasteiger partial charge in [-0.1, -0.05) is 115 Å². The van der Waals surface area contributed by atoms with Crippen LogP contribution < -0.4 is 0 Å². The second-order valence-corrected chi connectivity index (χ2v) is 32.2. The van der Waals surface area contributed by atoms with E-state index in [1.54, 1.807) is 47.5 Å². The number of fused-ring (bicyclic) bond motifs is 10. The van der Waals surface area contributed by atoms with Gasteiger partial charge in [0.05, 0.1) is 50.8 Å². The average molecular weight is 1110 g/mol. The summed E-state index contributed by atoms with van der Waals surface area (Å²) in [7, 11) is -6.72. The summed E-state index contributed by atoms with van der Waals surface area (Å²) < 4.78 is 58.1. The van der Waals surface area contributed by atoms with Crippen LogP contribution in [0.2, 0.25) is 0 Å². The van der Waals surface area contributed by atoms with Gasteiger partial charge < -0.3 is 20.1 Å². The zero-order chi connectivity index (χ0) is 55.8. The van der Waals surface area contributed by atoms with E-state index in [-0.39, 0.29) is 11.2 Å². The topological polar surface area (TPSA) is 142 Å². The van der Waals surface area contributed by atoms with Crippen molar-refractivity contribution >= 4 is 19.7 Å². The molecule has 0 amide bonds. The second-order valence-electron chi connectivity index (χ2n) is 27.9. The highest BCUT2D eigenvalue weighted by atomic mass is 32.2. The molecule has 2 aromatic rings. The van der Waals surface area contributed by atoms with E-state index in [9.17, 15) is 32.2 Å². The van der Waals surface area contributed by atoms with Crippen molar-refractivity contribution in [2.45, 2.75) is 242 Å². The molecule has 78 heavy (non-hydrogen) atoms. The van der Waals surface area contributed by atoms with Gasteiger partial charge in [0.25, 0.3) is 0 Å². The highest BCUT2D eigenvalue weighted by Gasteiger charge is 2.59. The molecule has 0 spiro atoms. The van der Waals surface area contributed by atoms with Crippen LogP contribution in [-0.2, 0) is 24.4 Å². The Morgan fingerprint density at radius 3 is 1.51 bits per heavy atom. The smallest absolute Gasteiger partial charge is 0.181 e. The minimum absolute atomic E-state index is 0.259. The summed E-state index contributed by atoms with van der Waals surface area (Å²) in [6.45, 7) is 19.0. The molecule has 6 saturated carbocycles. The lowest BCUT2D eigenvalue weighted by molar-refractivity contribution is -0.0460. The lowest BCUT2D eigenvalue weighted by Crippen LogP contribution is -2.48. The monoisotopic (exact) mass is 1110 g/mol. The quantitative estimate of drug-likeness (QED) is 0.111. The number of aliphatic hydroxyl groups excluding tert-OH is 1. The lowest BCUT2D eigenvalue weighted by Gasteiger charge is -2.55. The van der Waals surface area contributed by atoms with E-state index in [1.165, 1.54) is 64.2 Å². The number of rotatable bonds is 16. The zero-order valence-corrected chi connectivity index (χ0v) is 51.1. The van der Waals surface area contributed by atoms with E-state index in [4.69, 9.17) is 4.74 Å². The largest absolute Gasteiger partial charge is 0.393 e. The minimum atomic E-state index is -3.51. The molecule has 11 rings (SSSR count). The van der Waals surface area contributed by atoms with Crippen LogP contribution in [0.15, 0.2) is 93.8 Å². The van der Waals surface area contributed by atoms with Crippen molar-refractivity contribution in [3.63, 3.8) is 0 Å². The number of ether oxygens (including phenoxy) is 1. The highest BCUT2D eigenvalue weighted by molar-refractivity contribution is 7.92. The molecule has 9 aliphatic rings. The standard InChI is InChI=1S/C34H52O4S.C30H44O3S.C4H8O/c1-5-25(35)21-27(39(37,38)26-10-8-7-9-11-26)20-23(3)31-14-15-32-30-13-12-24-22-34(36,6-2)19-17-28(24)29(30)16-18-33(31,32)4;1-4-30(31)18-15-24-22(20-30)10-11-26-25(24)14-17-29(3)27(12-13-28(26)29)21(2)16-19-34(32,33)23-8-6-5-7-9-23;1-2-4-3-5-4/h7-12,23,25,27-32,35-36H,5-6,13-22H2,1-4H3;5-10,21,24-28,31H,4,11-20H2,1-3H3;4H,2-3H2,1H3/t23-,25-,27?,28+,29-,30-,31-,32+,33-,34+;21-,24+,25-,26-,27-,28+,29-,30+;4-/m111/s1. The molecule has 2 aromatic carbocycles. The van der Waals surface area contributed by atoms with Crippen LogP contribution in [0.1, 0.15) is 203 Å². The molecule has 0 bridgehead atoms. The fourth-order valence-electron chi connectivity index (χ4n) is 19.1. The van der Waals surface area contributed by atoms with Crippen LogP contribution in [0, 0.1) is 81.8 Å².